The minimum Gasteiger partial charge on any atom is -0.497 e. The second-order valence-corrected chi connectivity index (χ2v) is 5.72. The van der Waals surface area contributed by atoms with E-state index >= 15 is 0 Å². The van der Waals surface area contributed by atoms with Crippen molar-refractivity contribution < 1.29 is 14.3 Å². The quantitative estimate of drug-likeness (QED) is 0.766. The molecule has 1 fully saturated rings. The van der Waals surface area contributed by atoms with Gasteiger partial charge in [0.2, 0.25) is 5.91 Å². The Kier molecular flexibility index (Phi) is 6.97. The number of hydrogen-bond donors (Lipinski definition) is 2. The number of rotatable bonds is 8. The van der Waals surface area contributed by atoms with Gasteiger partial charge in [0, 0.05) is 6.54 Å². The van der Waals surface area contributed by atoms with Crippen molar-refractivity contribution in [3.05, 3.63) is 24.3 Å². The molecule has 0 saturated heterocycles. The van der Waals surface area contributed by atoms with Crippen molar-refractivity contribution >= 4 is 18.3 Å². The number of benzene rings is 1. The van der Waals surface area contributed by atoms with Crippen molar-refractivity contribution in [1.82, 2.24) is 5.32 Å². The summed E-state index contributed by atoms with van der Waals surface area (Å²) in [5.74, 6) is 2.02. The zero-order valence-corrected chi connectivity index (χ0v) is 13.9. The van der Waals surface area contributed by atoms with E-state index in [1.165, 1.54) is 0 Å². The number of carbonyl (C=O) groups excluding carboxylic acids is 1. The summed E-state index contributed by atoms with van der Waals surface area (Å²) in [6.45, 7) is 2.85. The van der Waals surface area contributed by atoms with Crippen molar-refractivity contribution in [2.45, 2.75) is 31.7 Å². The third kappa shape index (κ3) is 5.07. The number of ether oxygens (including phenoxy) is 2. The summed E-state index contributed by atoms with van der Waals surface area (Å²) in [6, 6.07) is 7.30. The average Bonchev–Trinajstić information content (AvgIpc) is 3.33. The Morgan fingerprint density at radius 2 is 1.91 bits per heavy atom. The van der Waals surface area contributed by atoms with Gasteiger partial charge in [0.05, 0.1) is 25.7 Å². The molecule has 1 aromatic carbocycles. The van der Waals surface area contributed by atoms with E-state index in [0.29, 0.717) is 25.5 Å². The Hall–Kier alpha value is -1.46. The lowest BCUT2D eigenvalue weighted by atomic mass is 9.96. The molecule has 1 unspecified atom stereocenters. The normalized spacial score (nSPS) is 16.1. The monoisotopic (exact) mass is 328 g/mol. The molecule has 0 bridgehead atoms. The maximum absolute atomic E-state index is 12.0. The van der Waals surface area contributed by atoms with Gasteiger partial charge >= 0.3 is 0 Å². The van der Waals surface area contributed by atoms with Crippen molar-refractivity contribution in [2.75, 3.05) is 20.3 Å². The number of nitrogens with one attached hydrogen (secondary N) is 1. The molecule has 1 aliphatic rings. The predicted molar refractivity (Wildman–Crippen MR) is 88.7 cm³/mol. The highest BCUT2D eigenvalue weighted by Crippen LogP contribution is 2.38. The van der Waals surface area contributed by atoms with Crippen LogP contribution in [0, 0.1) is 5.92 Å². The van der Waals surface area contributed by atoms with Gasteiger partial charge in [-0.3, -0.25) is 4.79 Å². The minimum absolute atomic E-state index is 0. The first-order chi connectivity index (χ1) is 10.1. The standard InChI is InChI=1S/C16H24N2O3.ClH/c1-16(11-17,12-3-4-12)18-15(19)9-10-21-14-7-5-13(20-2)6-8-14;/h5-8,12H,3-4,9-11,17H2,1-2H3,(H,18,19);1H. The first-order valence-electron chi connectivity index (χ1n) is 7.35. The van der Waals surface area contributed by atoms with E-state index in [2.05, 4.69) is 5.32 Å². The van der Waals surface area contributed by atoms with Crippen LogP contribution < -0.4 is 20.5 Å². The van der Waals surface area contributed by atoms with E-state index in [1.807, 2.05) is 31.2 Å². The molecule has 1 amide bonds. The Labute approximate surface area is 138 Å². The molecular weight excluding hydrogens is 304 g/mol. The number of halogens is 1. The zero-order chi connectivity index (χ0) is 15.3. The van der Waals surface area contributed by atoms with Gasteiger partial charge in [0.15, 0.2) is 0 Å². The molecule has 0 spiro atoms. The van der Waals surface area contributed by atoms with Crippen molar-refractivity contribution in [3.63, 3.8) is 0 Å². The van der Waals surface area contributed by atoms with Gasteiger partial charge in [-0.05, 0) is 49.9 Å². The fourth-order valence-corrected chi connectivity index (χ4v) is 2.35. The summed E-state index contributed by atoms with van der Waals surface area (Å²) in [4.78, 5) is 12.0. The zero-order valence-electron chi connectivity index (χ0n) is 13.1. The van der Waals surface area contributed by atoms with E-state index < -0.39 is 0 Å². The Bertz CT molecular complexity index is 477. The van der Waals surface area contributed by atoms with Gasteiger partial charge in [-0.15, -0.1) is 12.4 Å². The van der Waals surface area contributed by atoms with E-state index in [9.17, 15) is 4.79 Å². The van der Waals surface area contributed by atoms with Crippen LogP contribution in [0.2, 0.25) is 0 Å². The lowest BCUT2D eigenvalue weighted by Crippen LogP contribution is -2.53. The molecule has 1 atom stereocenters. The average molecular weight is 329 g/mol. The van der Waals surface area contributed by atoms with Crippen molar-refractivity contribution in [3.8, 4) is 11.5 Å². The Morgan fingerprint density at radius 3 is 2.41 bits per heavy atom. The van der Waals surface area contributed by atoms with Crippen molar-refractivity contribution in [2.24, 2.45) is 11.7 Å². The highest BCUT2D eigenvalue weighted by Gasteiger charge is 2.41. The second-order valence-electron chi connectivity index (χ2n) is 5.72. The summed E-state index contributed by atoms with van der Waals surface area (Å²) in [7, 11) is 1.62. The number of carbonyl (C=O) groups is 1. The molecule has 5 nitrogen and oxygen atoms in total. The first kappa shape index (κ1) is 18.6. The van der Waals surface area contributed by atoms with Crippen LogP contribution in [0.4, 0.5) is 0 Å². The van der Waals surface area contributed by atoms with Gasteiger partial charge in [0.25, 0.3) is 0 Å². The Morgan fingerprint density at radius 1 is 1.32 bits per heavy atom. The van der Waals surface area contributed by atoms with E-state index in [1.54, 1.807) is 7.11 Å². The fourth-order valence-electron chi connectivity index (χ4n) is 2.35. The third-order valence-electron chi connectivity index (χ3n) is 3.98. The largest absolute Gasteiger partial charge is 0.497 e. The third-order valence-corrected chi connectivity index (χ3v) is 3.98. The number of methoxy groups -OCH3 is 1. The molecule has 1 aromatic rings. The van der Waals surface area contributed by atoms with Gasteiger partial charge in [-0.1, -0.05) is 0 Å². The lowest BCUT2D eigenvalue weighted by Gasteiger charge is -2.29. The van der Waals surface area contributed by atoms with Crippen LogP contribution in [0.5, 0.6) is 11.5 Å². The van der Waals surface area contributed by atoms with Crippen LogP contribution in [-0.2, 0) is 4.79 Å². The predicted octanol–water partition coefficient (Wildman–Crippen LogP) is 2.13. The summed E-state index contributed by atoms with van der Waals surface area (Å²) >= 11 is 0. The molecule has 0 heterocycles. The number of amides is 1. The molecule has 1 aliphatic carbocycles. The molecule has 6 heteroatoms. The highest BCUT2D eigenvalue weighted by molar-refractivity contribution is 5.85. The molecule has 0 radical (unpaired) electrons. The highest BCUT2D eigenvalue weighted by atomic mass is 35.5. The molecule has 0 aromatic heterocycles. The van der Waals surface area contributed by atoms with Crippen molar-refractivity contribution in [1.29, 1.82) is 0 Å². The van der Waals surface area contributed by atoms with Crippen LogP contribution in [0.3, 0.4) is 0 Å². The van der Waals surface area contributed by atoms with E-state index in [0.717, 1.165) is 24.3 Å². The molecule has 0 aliphatic heterocycles. The van der Waals surface area contributed by atoms with Crippen LogP contribution in [0.15, 0.2) is 24.3 Å². The number of hydrogen-bond acceptors (Lipinski definition) is 4. The summed E-state index contributed by atoms with van der Waals surface area (Å²) in [6.07, 6.45) is 2.63. The van der Waals surface area contributed by atoms with E-state index in [-0.39, 0.29) is 23.9 Å². The molecule has 124 valence electrons. The SMILES string of the molecule is COc1ccc(OCCC(=O)NC(C)(CN)C2CC2)cc1.Cl. The molecule has 22 heavy (non-hydrogen) atoms. The van der Waals surface area contributed by atoms with Gasteiger partial charge in [-0.25, -0.2) is 0 Å². The second kappa shape index (κ2) is 8.25. The molecule has 1 saturated carbocycles. The maximum Gasteiger partial charge on any atom is 0.223 e. The summed E-state index contributed by atoms with van der Waals surface area (Å²) in [5, 5.41) is 3.05. The topological polar surface area (TPSA) is 73.6 Å². The van der Waals surface area contributed by atoms with Crippen LogP contribution in [0.1, 0.15) is 26.2 Å². The molecule has 3 N–H and O–H groups in total. The first-order valence-corrected chi connectivity index (χ1v) is 7.35. The Balaban J connectivity index is 0.00000242. The van der Waals surface area contributed by atoms with Gasteiger partial charge in [-0.2, -0.15) is 0 Å². The number of nitrogens with two attached hydrogens (primary N) is 1. The smallest absolute Gasteiger partial charge is 0.223 e. The minimum atomic E-state index is -0.267. The van der Waals surface area contributed by atoms with Gasteiger partial charge in [0.1, 0.15) is 11.5 Å². The lowest BCUT2D eigenvalue weighted by molar-refractivity contribution is -0.123. The molecular formula is C16H25ClN2O3. The maximum atomic E-state index is 12.0. The summed E-state index contributed by atoms with van der Waals surface area (Å²) in [5.41, 5.74) is 5.52. The van der Waals surface area contributed by atoms with Gasteiger partial charge < -0.3 is 20.5 Å². The summed E-state index contributed by atoms with van der Waals surface area (Å²) < 4.78 is 10.6. The van der Waals surface area contributed by atoms with Crippen LogP contribution in [0.25, 0.3) is 0 Å². The fraction of sp³-hybridized carbons (Fsp3) is 0.562. The van der Waals surface area contributed by atoms with E-state index in [4.69, 9.17) is 15.2 Å². The van der Waals surface area contributed by atoms with Crippen LogP contribution in [-0.4, -0.2) is 31.7 Å². The molecule has 2 rings (SSSR count). The van der Waals surface area contributed by atoms with Crippen LogP contribution >= 0.6 is 12.4 Å².